The van der Waals surface area contributed by atoms with Crippen LogP contribution in [0.2, 0.25) is 0 Å². The summed E-state index contributed by atoms with van der Waals surface area (Å²) in [6.45, 7) is 0. The lowest BCUT2D eigenvalue weighted by Crippen LogP contribution is -2.15. The fraction of sp³-hybridized carbons (Fsp3) is 0.0909. The first kappa shape index (κ1) is 11.9. The van der Waals surface area contributed by atoms with Crippen molar-refractivity contribution in [2.45, 2.75) is 0 Å². The normalized spacial score (nSPS) is 10.1. The molecule has 0 aliphatic rings. The summed E-state index contributed by atoms with van der Waals surface area (Å²) in [5, 5.41) is 8.56. The standard InChI is InChI=1S/C11H11FN4O2/c1-18-6-2-3-7(8(12)4-6)11(17)15-10-9(13)5-14-16-10/h2-5H,13H2,1H3,(H2,14,15,16,17). The summed E-state index contributed by atoms with van der Waals surface area (Å²) in [7, 11) is 1.42. The lowest BCUT2D eigenvalue weighted by Gasteiger charge is -2.06. The van der Waals surface area contributed by atoms with E-state index in [0.29, 0.717) is 5.75 Å². The quantitative estimate of drug-likeness (QED) is 0.767. The molecule has 0 unspecified atom stereocenters. The van der Waals surface area contributed by atoms with Gasteiger partial charge in [-0.2, -0.15) is 5.10 Å². The maximum Gasteiger partial charge on any atom is 0.259 e. The van der Waals surface area contributed by atoms with Crippen molar-refractivity contribution < 1.29 is 13.9 Å². The van der Waals surface area contributed by atoms with Crippen LogP contribution in [0.25, 0.3) is 0 Å². The number of anilines is 2. The molecule has 0 bridgehead atoms. The fourth-order valence-electron chi connectivity index (χ4n) is 1.38. The van der Waals surface area contributed by atoms with Gasteiger partial charge in [-0.05, 0) is 12.1 Å². The summed E-state index contributed by atoms with van der Waals surface area (Å²) in [5.41, 5.74) is 5.70. The highest BCUT2D eigenvalue weighted by atomic mass is 19.1. The Morgan fingerprint density at radius 2 is 2.33 bits per heavy atom. The van der Waals surface area contributed by atoms with Gasteiger partial charge in [0.05, 0.1) is 24.6 Å². The number of halogens is 1. The zero-order chi connectivity index (χ0) is 13.1. The molecule has 0 fully saturated rings. The van der Waals surface area contributed by atoms with Gasteiger partial charge in [0, 0.05) is 6.07 Å². The molecule has 0 atom stereocenters. The largest absolute Gasteiger partial charge is 0.497 e. The van der Waals surface area contributed by atoms with E-state index in [-0.39, 0.29) is 17.1 Å². The third-order valence-corrected chi connectivity index (χ3v) is 2.33. The number of amides is 1. The molecule has 0 radical (unpaired) electrons. The molecule has 1 aromatic heterocycles. The molecular weight excluding hydrogens is 239 g/mol. The Morgan fingerprint density at radius 1 is 1.56 bits per heavy atom. The Balaban J connectivity index is 2.22. The monoisotopic (exact) mass is 250 g/mol. The lowest BCUT2D eigenvalue weighted by atomic mass is 10.2. The maximum atomic E-state index is 13.6. The molecule has 2 aromatic rings. The van der Waals surface area contributed by atoms with Gasteiger partial charge in [0.1, 0.15) is 11.6 Å². The molecule has 0 saturated carbocycles. The van der Waals surface area contributed by atoms with Gasteiger partial charge < -0.3 is 15.8 Å². The zero-order valence-corrected chi connectivity index (χ0v) is 9.53. The first-order chi connectivity index (χ1) is 8.61. The van der Waals surface area contributed by atoms with Crippen LogP contribution in [0, 0.1) is 5.82 Å². The van der Waals surface area contributed by atoms with E-state index in [1.54, 1.807) is 0 Å². The molecule has 7 heteroatoms. The number of aromatic amines is 1. The van der Waals surface area contributed by atoms with Crippen molar-refractivity contribution >= 4 is 17.4 Å². The number of ether oxygens (including phenoxy) is 1. The van der Waals surface area contributed by atoms with E-state index < -0.39 is 11.7 Å². The molecule has 6 nitrogen and oxygen atoms in total. The van der Waals surface area contributed by atoms with Gasteiger partial charge in [0.2, 0.25) is 0 Å². The minimum atomic E-state index is -0.676. The van der Waals surface area contributed by atoms with Crippen molar-refractivity contribution in [2.24, 2.45) is 0 Å². The number of aromatic nitrogens is 2. The minimum Gasteiger partial charge on any atom is -0.497 e. The highest BCUT2D eigenvalue weighted by Crippen LogP contribution is 2.19. The highest BCUT2D eigenvalue weighted by molar-refractivity contribution is 6.05. The first-order valence-electron chi connectivity index (χ1n) is 5.05. The summed E-state index contributed by atoms with van der Waals surface area (Å²) < 4.78 is 18.5. The number of nitrogens with zero attached hydrogens (tertiary/aromatic N) is 1. The van der Waals surface area contributed by atoms with Gasteiger partial charge in [0.25, 0.3) is 5.91 Å². The summed E-state index contributed by atoms with van der Waals surface area (Å²) in [5.74, 6) is -0.726. The van der Waals surface area contributed by atoms with Crippen molar-refractivity contribution in [2.75, 3.05) is 18.2 Å². The van der Waals surface area contributed by atoms with E-state index in [2.05, 4.69) is 15.5 Å². The van der Waals surface area contributed by atoms with Crippen LogP contribution in [0.5, 0.6) is 5.75 Å². The third-order valence-electron chi connectivity index (χ3n) is 2.33. The average Bonchev–Trinajstić information content (AvgIpc) is 2.74. The molecule has 94 valence electrons. The number of nitrogens with two attached hydrogens (primary N) is 1. The molecule has 18 heavy (non-hydrogen) atoms. The maximum absolute atomic E-state index is 13.6. The van der Waals surface area contributed by atoms with Crippen LogP contribution in [-0.2, 0) is 0 Å². The van der Waals surface area contributed by atoms with Crippen LogP contribution in [-0.4, -0.2) is 23.2 Å². The molecule has 1 heterocycles. The second-order valence-electron chi connectivity index (χ2n) is 3.50. The number of hydrogen-bond donors (Lipinski definition) is 3. The number of carbonyl (C=O) groups is 1. The Morgan fingerprint density at radius 3 is 2.89 bits per heavy atom. The molecule has 1 amide bonds. The summed E-state index contributed by atoms with van der Waals surface area (Å²) in [6.07, 6.45) is 1.35. The number of H-pyrrole nitrogens is 1. The Labute approximate surface area is 102 Å². The first-order valence-corrected chi connectivity index (χ1v) is 5.05. The minimum absolute atomic E-state index is 0.107. The molecule has 0 aliphatic heterocycles. The molecule has 0 spiro atoms. The summed E-state index contributed by atoms with van der Waals surface area (Å²) >= 11 is 0. The number of benzene rings is 1. The van der Waals surface area contributed by atoms with E-state index in [1.165, 1.54) is 25.4 Å². The van der Waals surface area contributed by atoms with E-state index in [9.17, 15) is 9.18 Å². The van der Waals surface area contributed by atoms with Gasteiger partial charge in [-0.15, -0.1) is 0 Å². The molecule has 2 rings (SSSR count). The van der Waals surface area contributed by atoms with E-state index >= 15 is 0 Å². The van der Waals surface area contributed by atoms with Gasteiger partial charge in [-0.25, -0.2) is 4.39 Å². The zero-order valence-electron chi connectivity index (χ0n) is 9.53. The van der Waals surface area contributed by atoms with Gasteiger partial charge in [-0.3, -0.25) is 9.89 Å². The van der Waals surface area contributed by atoms with Gasteiger partial charge >= 0.3 is 0 Å². The van der Waals surface area contributed by atoms with Crippen molar-refractivity contribution in [3.63, 3.8) is 0 Å². The van der Waals surface area contributed by atoms with Crippen LogP contribution < -0.4 is 15.8 Å². The SMILES string of the molecule is COc1ccc(C(=O)Nc2[nH]ncc2N)c(F)c1. The topological polar surface area (TPSA) is 93.0 Å². The molecular formula is C11H11FN4O2. The molecule has 0 aliphatic carbocycles. The number of hydrogen-bond acceptors (Lipinski definition) is 4. The molecule has 1 aromatic carbocycles. The number of nitrogens with one attached hydrogen (secondary N) is 2. The number of methoxy groups -OCH3 is 1. The van der Waals surface area contributed by atoms with Gasteiger partial charge in [-0.1, -0.05) is 0 Å². The number of carbonyl (C=O) groups excluding carboxylic acids is 1. The highest BCUT2D eigenvalue weighted by Gasteiger charge is 2.14. The van der Waals surface area contributed by atoms with Crippen molar-refractivity contribution in [3.8, 4) is 5.75 Å². The third kappa shape index (κ3) is 2.24. The summed E-state index contributed by atoms with van der Waals surface area (Å²) in [4.78, 5) is 11.8. The van der Waals surface area contributed by atoms with Crippen LogP contribution in [0.1, 0.15) is 10.4 Å². The van der Waals surface area contributed by atoms with Crippen LogP contribution in [0.3, 0.4) is 0 Å². The summed E-state index contributed by atoms with van der Waals surface area (Å²) in [6, 6.07) is 3.95. The Kier molecular flexibility index (Phi) is 3.13. The van der Waals surface area contributed by atoms with Gasteiger partial charge in [0.15, 0.2) is 5.82 Å². The van der Waals surface area contributed by atoms with Crippen molar-refractivity contribution in [3.05, 3.63) is 35.8 Å². The predicted molar refractivity (Wildman–Crippen MR) is 63.9 cm³/mol. The Bertz CT molecular complexity index is 582. The van der Waals surface area contributed by atoms with E-state index in [0.717, 1.165) is 6.07 Å². The Hall–Kier alpha value is -2.57. The number of nitrogen functional groups attached to an aromatic ring is 1. The van der Waals surface area contributed by atoms with Crippen LogP contribution in [0.15, 0.2) is 24.4 Å². The fourth-order valence-corrected chi connectivity index (χ4v) is 1.38. The lowest BCUT2D eigenvalue weighted by molar-refractivity contribution is 0.102. The molecule has 4 N–H and O–H groups in total. The molecule has 0 saturated heterocycles. The van der Waals surface area contributed by atoms with Crippen LogP contribution in [0.4, 0.5) is 15.9 Å². The average molecular weight is 250 g/mol. The van der Waals surface area contributed by atoms with E-state index in [4.69, 9.17) is 10.5 Å². The second kappa shape index (κ2) is 4.74. The van der Waals surface area contributed by atoms with Crippen LogP contribution >= 0.6 is 0 Å². The van der Waals surface area contributed by atoms with E-state index in [1.807, 2.05) is 0 Å². The smallest absolute Gasteiger partial charge is 0.259 e. The van der Waals surface area contributed by atoms with Crippen molar-refractivity contribution in [1.82, 2.24) is 10.2 Å². The van der Waals surface area contributed by atoms with Crippen molar-refractivity contribution in [1.29, 1.82) is 0 Å². The number of rotatable bonds is 3. The second-order valence-corrected chi connectivity index (χ2v) is 3.50. The predicted octanol–water partition coefficient (Wildman–Crippen LogP) is 1.39.